The number of hydrogen-bond acceptors (Lipinski definition) is 4. The van der Waals surface area contributed by atoms with Crippen molar-refractivity contribution in [3.8, 4) is 0 Å². The van der Waals surface area contributed by atoms with Gasteiger partial charge in [-0.25, -0.2) is 4.79 Å². The molecule has 0 aromatic carbocycles. The minimum atomic E-state index is -0.874. The molecule has 1 aliphatic heterocycles. The third kappa shape index (κ3) is 5.02. The average Bonchev–Trinajstić information content (AvgIpc) is 2.29. The summed E-state index contributed by atoms with van der Waals surface area (Å²) >= 11 is 0. The monoisotopic (exact) mass is 245 g/mol. The summed E-state index contributed by atoms with van der Waals surface area (Å²) in [4.78, 5) is 13.2. The van der Waals surface area contributed by atoms with Crippen LogP contribution in [-0.4, -0.2) is 62.0 Å². The van der Waals surface area contributed by atoms with E-state index in [1.54, 1.807) is 7.11 Å². The zero-order valence-corrected chi connectivity index (χ0v) is 10.7. The zero-order valence-electron chi connectivity index (χ0n) is 10.7. The van der Waals surface area contributed by atoms with Gasteiger partial charge in [0.25, 0.3) is 0 Å². The molecule has 1 aliphatic rings. The minimum Gasteiger partial charge on any atom is -0.479 e. The molecule has 1 fully saturated rings. The van der Waals surface area contributed by atoms with Crippen LogP contribution >= 0.6 is 0 Å². The van der Waals surface area contributed by atoms with Crippen LogP contribution < -0.4 is 0 Å². The van der Waals surface area contributed by atoms with E-state index in [9.17, 15) is 4.79 Å². The highest BCUT2D eigenvalue weighted by molar-refractivity contribution is 5.72. The zero-order chi connectivity index (χ0) is 12.7. The van der Waals surface area contributed by atoms with Gasteiger partial charge in [-0.1, -0.05) is 0 Å². The summed E-state index contributed by atoms with van der Waals surface area (Å²) < 4.78 is 10.4. The predicted octanol–water partition coefficient (Wildman–Crippen LogP) is 0.835. The normalized spacial score (nSPS) is 23.5. The van der Waals surface area contributed by atoms with Crippen LogP contribution in [0.5, 0.6) is 0 Å². The van der Waals surface area contributed by atoms with Crippen molar-refractivity contribution in [1.29, 1.82) is 0 Å². The fourth-order valence-corrected chi connectivity index (χ4v) is 2.33. The first-order chi connectivity index (χ1) is 8.17. The second-order valence-electron chi connectivity index (χ2n) is 4.51. The molecule has 0 spiro atoms. The number of methoxy groups -OCH3 is 1. The Morgan fingerprint density at radius 2 is 2.35 bits per heavy atom. The summed E-state index contributed by atoms with van der Waals surface area (Å²) in [5, 5.41) is 9.03. The number of rotatable bonds is 7. The van der Waals surface area contributed by atoms with Gasteiger partial charge in [-0.05, 0) is 32.2 Å². The molecule has 0 aromatic rings. The number of nitrogens with zero attached hydrogens (tertiary/aromatic N) is 1. The number of carboxylic acid groups (broad SMARTS) is 1. The van der Waals surface area contributed by atoms with Gasteiger partial charge in [0.2, 0.25) is 0 Å². The Morgan fingerprint density at radius 3 is 2.94 bits per heavy atom. The van der Waals surface area contributed by atoms with Gasteiger partial charge < -0.3 is 14.6 Å². The molecule has 0 aliphatic carbocycles. The second-order valence-corrected chi connectivity index (χ2v) is 4.51. The van der Waals surface area contributed by atoms with Gasteiger partial charge in [0.1, 0.15) is 0 Å². The number of hydrogen-bond donors (Lipinski definition) is 1. The Morgan fingerprint density at radius 1 is 1.59 bits per heavy atom. The maximum atomic E-state index is 11.0. The van der Waals surface area contributed by atoms with Gasteiger partial charge in [-0.3, -0.25) is 4.90 Å². The molecular formula is C12H23NO4. The van der Waals surface area contributed by atoms with Crippen molar-refractivity contribution in [3.63, 3.8) is 0 Å². The highest BCUT2D eigenvalue weighted by atomic mass is 16.5. The molecule has 0 amide bonds. The maximum absolute atomic E-state index is 11.0. The summed E-state index contributed by atoms with van der Waals surface area (Å²) in [7, 11) is 1.71. The second kappa shape index (κ2) is 7.63. The first kappa shape index (κ1) is 14.4. The van der Waals surface area contributed by atoms with E-state index in [-0.39, 0.29) is 0 Å². The number of piperidine rings is 1. The summed E-state index contributed by atoms with van der Waals surface area (Å²) in [6.45, 7) is 5.35. The lowest BCUT2D eigenvalue weighted by Gasteiger charge is -2.33. The van der Waals surface area contributed by atoms with Gasteiger partial charge in [-0.15, -0.1) is 0 Å². The van der Waals surface area contributed by atoms with Crippen molar-refractivity contribution in [2.24, 2.45) is 5.92 Å². The first-order valence-corrected chi connectivity index (χ1v) is 6.23. The van der Waals surface area contributed by atoms with Crippen LogP contribution in [0.1, 0.15) is 19.8 Å². The van der Waals surface area contributed by atoms with Crippen LogP contribution in [0, 0.1) is 5.92 Å². The molecule has 1 heterocycles. The lowest BCUT2D eigenvalue weighted by molar-refractivity contribution is -0.151. The van der Waals surface area contributed by atoms with E-state index in [0.29, 0.717) is 19.1 Å². The topological polar surface area (TPSA) is 59.0 Å². The average molecular weight is 245 g/mol. The van der Waals surface area contributed by atoms with Crippen molar-refractivity contribution in [2.75, 3.05) is 40.0 Å². The minimum absolute atomic E-state index is 0.437. The standard InChI is InChI=1S/C12H23NO4/c1-3-17-11(12(14)15)8-13-6-4-5-10(7-13)9-16-2/h10-11H,3-9H2,1-2H3,(H,14,15). The third-order valence-corrected chi connectivity index (χ3v) is 3.07. The summed E-state index contributed by atoms with van der Waals surface area (Å²) in [6, 6.07) is 0. The van der Waals surface area contributed by atoms with Crippen LogP contribution in [-0.2, 0) is 14.3 Å². The van der Waals surface area contributed by atoms with E-state index in [1.807, 2.05) is 6.92 Å². The quantitative estimate of drug-likeness (QED) is 0.720. The van der Waals surface area contributed by atoms with Crippen LogP contribution in [0.4, 0.5) is 0 Å². The molecule has 100 valence electrons. The fourth-order valence-electron chi connectivity index (χ4n) is 2.33. The molecule has 1 saturated heterocycles. The Bertz CT molecular complexity index is 233. The van der Waals surface area contributed by atoms with E-state index >= 15 is 0 Å². The summed E-state index contributed by atoms with van der Waals surface area (Å²) in [6.07, 6.45) is 1.56. The smallest absolute Gasteiger partial charge is 0.334 e. The van der Waals surface area contributed by atoms with E-state index in [1.165, 1.54) is 0 Å². The van der Waals surface area contributed by atoms with E-state index in [4.69, 9.17) is 14.6 Å². The Labute approximate surface area is 103 Å². The molecule has 5 heteroatoms. The molecule has 0 bridgehead atoms. The van der Waals surface area contributed by atoms with Crippen LogP contribution in [0.15, 0.2) is 0 Å². The summed E-state index contributed by atoms with van der Waals surface area (Å²) in [5.74, 6) is -0.356. The molecule has 1 rings (SSSR count). The van der Waals surface area contributed by atoms with Crippen LogP contribution in [0.3, 0.4) is 0 Å². The molecule has 2 atom stereocenters. The van der Waals surface area contributed by atoms with E-state index in [0.717, 1.165) is 32.5 Å². The molecule has 17 heavy (non-hydrogen) atoms. The Kier molecular flexibility index (Phi) is 6.47. The molecule has 0 saturated carbocycles. The first-order valence-electron chi connectivity index (χ1n) is 6.23. The van der Waals surface area contributed by atoms with Gasteiger partial charge in [0, 0.05) is 26.8 Å². The fraction of sp³-hybridized carbons (Fsp3) is 0.917. The van der Waals surface area contributed by atoms with Gasteiger partial charge >= 0.3 is 5.97 Å². The van der Waals surface area contributed by atoms with Gasteiger partial charge in [0.05, 0.1) is 6.61 Å². The summed E-state index contributed by atoms with van der Waals surface area (Å²) in [5.41, 5.74) is 0. The van der Waals surface area contributed by atoms with Crippen molar-refractivity contribution in [1.82, 2.24) is 4.90 Å². The number of ether oxygens (including phenoxy) is 2. The highest BCUT2D eigenvalue weighted by Crippen LogP contribution is 2.17. The number of carboxylic acids is 1. The van der Waals surface area contributed by atoms with Crippen molar-refractivity contribution in [3.05, 3.63) is 0 Å². The lowest BCUT2D eigenvalue weighted by Crippen LogP contribution is -2.44. The predicted molar refractivity (Wildman–Crippen MR) is 64.1 cm³/mol. The van der Waals surface area contributed by atoms with Crippen LogP contribution in [0.25, 0.3) is 0 Å². The molecule has 1 N–H and O–H groups in total. The Balaban J connectivity index is 2.40. The van der Waals surface area contributed by atoms with Crippen LogP contribution in [0.2, 0.25) is 0 Å². The molecular weight excluding hydrogens is 222 g/mol. The molecule has 5 nitrogen and oxygen atoms in total. The Hall–Kier alpha value is -0.650. The molecule has 0 radical (unpaired) electrons. The lowest BCUT2D eigenvalue weighted by atomic mass is 9.99. The highest BCUT2D eigenvalue weighted by Gasteiger charge is 2.25. The number of carbonyl (C=O) groups is 1. The van der Waals surface area contributed by atoms with Crippen molar-refractivity contribution < 1.29 is 19.4 Å². The van der Waals surface area contributed by atoms with Gasteiger partial charge in [0.15, 0.2) is 6.10 Å². The van der Waals surface area contributed by atoms with Crippen molar-refractivity contribution >= 4 is 5.97 Å². The molecule has 2 unspecified atom stereocenters. The van der Waals surface area contributed by atoms with E-state index in [2.05, 4.69) is 4.90 Å². The third-order valence-electron chi connectivity index (χ3n) is 3.07. The number of likely N-dealkylation sites (tertiary alicyclic amines) is 1. The van der Waals surface area contributed by atoms with E-state index < -0.39 is 12.1 Å². The van der Waals surface area contributed by atoms with Crippen molar-refractivity contribution in [2.45, 2.75) is 25.9 Å². The number of aliphatic carboxylic acids is 1. The largest absolute Gasteiger partial charge is 0.479 e. The molecule has 0 aromatic heterocycles. The van der Waals surface area contributed by atoms with Gasteiger partial charge in [-0.2, -0.15) is 0 Å². The maximum Gasteiger partial charge on any atom is 0.334 e. The SMILES string of the molecule is CCOC(CN1CCCC(COC)C1)C(=O)O.